The lowest BCUT2D eigenvalue weighted by molar-refractivity contribution is 0.190. The molecule has 1 N–H and O–H groups in total. The van der Waals surface area contributed by atoms with Crippen LogP contribution in [0.25, 0.3) is 0 Å². The Morgan fingerprint density at radius 3 is 2.81 bits per heavy atom. The third-order valence-corrected chi connectivity index (χ3v) is 4.90. The van der Waals surface area contributed by atoms with Crippen LogP contribution in [-0.2, 0) is 0 Å². The van der Waals surface area contributed by atoms with Crippen LogP contribution < -0.4 is 5.32 Å². The van der Waals surface area contributed by atoms with E-state index in [1.165, 1.54) is 32.0 Å². The van der Waals surface area contributed by atoms with Crippen molar-refractivity contribution in [3.05, 3.63) is 34.1 Å². The monoisotopic (exact) mass is 356 g/mol. The van der Waals surface area contributed by atoms with Crippen LogP contribution in [0.15, 0.2) is 22.7 Å². The average molecular weight is 357 g/mol. The van der Waals surface area contributed by atoms with Crippen molar-refractivity contribution in [2.75, 3.05) is 26.2 Å². The van der Waals surface area contributed by atoms with Gasteiger partial charge in [-0.25, -0.2) is 4.39 Å². The van der Waals surface area contributed by atoms with Gasteiger partial charge in [0, 0.05) is 16.1 Å². The number of rotatable bonds is 6. The third kappa shape index (κ3) is 5.35. The fraction of sp³-hybridized carbons (Fsp3) is 0.647. The zero-order valence-corrected chi connectivity index (χ0v) is 14.6. The zero-order valence-electron chi connectivity index (χ0n) is 13.0. The number of hydrogen-bond acceptors (Lipinski definition) is 2. The van der Waals surface area contributed by atoms with Crippen molar-refractivity contribution < 1.29 is 4.39 Å². The van der Waals surface area contributed by atoms with Crippen molar-refractivity contribution in [1.82, 2.24) is 10.2 Å². The molecule has 1 heterocycles. The molecule has 1 unspecified atom stereocenters. The first-order chi connectivity index (χ1) is 10.1. The fourth-order valence-electron chi connectivity index (χ4n) is 2.86. The van der Waals surface area contributed by atoms with E-state index in [0.29, 0.717) is 0 Å². The van der Waals surface area contributed by atoms with Crippen molar-refractivity contribution in [3.8, 4) is 0 Å². The molecule has 0 saturated carbocycles. The molecule has 1 aliphatic heterocycles. The second-order valence-electron chi connectivity index (χ2n) is 6.22. The van der Waals surface area contributed by atoms with Crippen molar-refractivity contribution in [1.29, 1.82) is 0 Å². The molecule has 21 heavy (non-hydrogen) atoms. The zero-order chi connectivity index (χ0) is 15.2. The van der Waals surface area contributed by atoms with E-state index < -0.39 is 0 Å². The van der Waals surface area contributed by atoms with Gasteiger partial charge in [-0.1, -0.05) is 22.9 Å². The number of hydrogen-bond donors (Lipinski definition) is 1. The Balaban J connectivity index is 1.69. The second-order valence-corrected chi connectivity index (χ2v) is 7.14. The Hall–Kier alpha value is -0.450. The summed E-state index contributed by atoms with van der Waals surface area (Å²) >= 11 is 3.40. The van der Waals surface area contributed by atoms with E-state index in [0.717, 1.165) is 35.5 Å². The highest BCUT2D eigenvalue weighted by molar-refractivity contribution is 9.10. The lowest BCUT2D eigenvalue weighted by Gasteiger charge is -2.30. The van der Waals surface area contributed by atoms with Crippen LogP contribution in [-0.4, -0.2) is 31.1 Å². The molecular weight excluding hydrogens is 331 g/mol. The predicted octanol–water partition coefficient (Wildman–Crippen LogP) is 4.36. The molecule has 1 fully saturated rings. The Labute approximate surface area is 136 Å². The van der Waals surface area contributed by atoms with Gasteiger partial charge >= 0.3 is 0 Å². The summed E-state index contributed by atoms with van der Waals surface area (Å²) in [4.78, 5) is 2.55. The summed E-state index contributed by atoms with van der Waals surface area (Å²) in [6, 6.07) is 5.16. The van der Waals surface area contributed by atoms with E-state index in [2.05, 4.69) is 33.1 Å². The first-order valence-electron chi connectivity index (χ1n) is 7.97. The van der Waals surface area contributed by atoms with Gasteiger partial charge in [-0.2, -0.15) is 0 Å². The highest BCUT2D eigenvalue weighted by Crippen LogP contribution is 2.21. The molecule has 0 aromatic heterocycles. The van der Waals surface area contributed by atoms with Crippen LogP contribution in [0.3, 0.4) is 0 Å². The van der Waals surface area contributed by atoms with Crippen LogP contribution in [0, 0.1) is 11.7 Å². The summed E-state index contributed by atoms with van der Waals surface area (Å²) in [5, 5.41) is 3.43. The molecular formula is C17H26BrFN2. The van der Waals surface area contributed by atoms with Crippen molar-refractivity contribution in [2.24, 2.45) is 5.92 Å². The van der Waals surface area contributed by atoms with Crippen molar-refractivity contribution in [3.63, 3.8) is 0 Å². The average Bonchev–Trinajstić information content (AvgIpc) is 2.47. The summed E-state index contributed by atoms with van der Waals surface area (Å²) in [6.45, 7) is 8.90. The summed E-state index contributed by atoms with van der Waals surface area (Å²) in [5.74, 6) is 0.752. The molecule has 2 rings (SSSR count). The standard InChI is InChI=1S/C17H26BrFN2/c1-13-6-10-21(11-7-13)9-3-8-20-14(2)16-12-15(18)4-5-17(16)19/h4-5,12-14,20H,3,6-11H2,1-2H3. The predicted molar refractivity (Wildman–Crippen MR) is 90.0 cm³/mol. The maximum atomic E-state index is 13.8. The van der Waals surface area contributed by atoms with Crippen LogP contribution >= 0.6 is 15.9 Å². The fourth-order valence-corrected chi connectivity index (χ4v) is 3.24. The minimum atomic E-state index is -0.136. The number of nitrogens with one attached hydrogen (secondary N) is 1. The maximum Gasteiger partial charge on any atom is 0.128 e. The smallest absolute Gasteiger partial charge is 0.128 e. The van der Waals surface area contributed by atoms with Crippen LogP contribution in [0.1, 0.15) is 44.7 Å². The van der Waals surface area contributed by atoms with Gasteiger partial charge in [-0.15, -0.1) is 0 Å². The molecule has 0 spiro atoms. The maximum absolute atomic E-state index is 13.8. The SMILES string of the molecule is CC1CCN(CCCNC(C)c2cc(Br)ccc2F)CC1. The number of benzene rings is 1. The van der Waals surface area contributed by atoms with Crippen molar-refractivity contribution >= 4 is 15.9 Å². The summed E-state index contributed by atoms with van der Waals surface area (Å²) in [5.41, 5.74) is 0.733. The number of nitrogens with zero attached hydrogens (tertiary/aromatic N) is 1. The molecule has 0 aliphatic carbocycles. The van der Waals surface area contributed by atoms with E-state index in [1.807, 2.05) is 13.0 Å². The van der Waals surface area contributed by atoms with Gasteiger partial charge < -0.3 is 10.2 Å². The van der Waals surface area contributed by atoms with Gasteiger partial charge in [0.1, 0.15) is 5.82 Å². The largest absolute Gasteiger partial charge is 0.310 e. The van der Waals surface area contributed by atoms with Gasteiger partial charge in [0.15, 0.2) is 0 Å². The quantitative estimate of drug-likeness (QED) is 0.761. The van der Waals surface area contributed by atoms with Gasteiger partial charge in [0.2, 0.25) is 0 Å². The van der Waals surface area contributed by atoms with Gasteiger partial charge in [-0.3, -0.25) is 0 Å². The molecule has 1 aliphatic rings. The number of piperidine rings is 1. The Morgan fingerprint density at radius 2 is 2.10 bits per heavy atom. The molecule has 2 nitrogen and oxygen atoms in total. The molecule has 0 amide bonds. The number of likely N-dealkylation sites (tertiary alicyclic amines) is 1. The van der Waals surface area contributed by atoms with Crippen LogP contribution in [0.5, 0.6) is 0 Å². The topological polar surface area (TPSA) is 15.3 Å². The first-order valence-corrected chi connectivity index (χ1v) is 8.76. The molecule has 1 aromatic carbocycles. The Kier molecular flexibility index (Phi) is 6.65. The van der Waals surface area contributed by atoms with Gasteiger partial charge in [-0.05, 0) is 76.5 Å². The van der Waals surface area contributed by atoms with E-state index in [-0.39, 0.29) is 11.9 Å². The molecule has 1 atom stereocenters. The van der Waals surface area contributed by atoms with E-state index >= 15 is 0 Å². The number of halogens is 2. The highest BCUT2D eigenvalue weighted by Gasteiger charge is 2.15. The molecule has 0 radical (unpaired) electrons. The third-order valence-electron chi connectivity index (χ3n) is 4.40. The first kappa shape index (κ1) is 16.9. The van der Waals surface area contributed by atoms with Gasteiger partial charge in [0.05, 0.1) is 0 Å². The molecule has 4 heteroatoms. The molecule has 1 aromatic rings. The van der Waals surface area contributed by atoms with Crippen molar-refractivity contribution in [2.45, 2.75) is 39.2 Å². The van der Waals surface area contributed by atoms with Crippen LogP contribution in [0.2, 0.25) is 0 Å². The lowest BCUT2D eigenvalue weighted by Crippen LogP contribution is -2.35. The molecule has 118 valence electrons. The second kappa shape index (κ2) is 8.25. The van der Waals surface area contributed by atoms with Crippen LogP contribution in [0.4, 0.5) is 4.39 Å². The van der Waals surface area contributed by atoms with E-state index in [4.69, 9.17) is 0 Å². The summed E-state index contributed by atoms with van der Waals surface area (Å²) < 4.78 is 14.7. The normalized spacial score (nSPS) is 18.9. The van der Waals surface area contributed by atoms with Gasteiger partial charge in [0.25, 0.3) is 0 Å². The minimum absolute atomic E-state index is 0.0453. The Morgan fingerprint density at radius 1 is 1.38 bits per heavy atom. The highest BCUT2D eigenvalue weighted by atomic mass is 79.9. The van der Waals surface area contributed by atoms with E-state index in [1.54, 1.807) is 6.07 Å². The molecule has 1 saturated heterocycles. The summed E-state index contributed by atoms with van der Waals surface area (Å²) in [6.07, 6.45) is 3.77. The lowest BCUT2D eigenvalue weighted by atomic mass is 9.99. The minimum Gasteiger partial charge on any atom is -0.310 e. The van der Waals surface area contributed by atoms with E-state index in [9.17, 15) is 4.39 Å². The Bertz CT molecular complexity index is 444. The molecule has 0 bridgehead atoms. The summed E-state index contributed by atoms with van der Waals surface area (Å²) in [7, 11) is 0.